The largest absolute Gasteiger partial charge is 0.381 e. The first-order valence-electron chi connectivity index (χ1n) is 7.01. The van der Waals surface area contributed by atoms with Gasteiger partial charge in [0, 0.05) is 12.5 Å². The number of epoxide rings is 1. The van der Waals surface area contributed by atoms with Crippen LogP contribution in [0, 0.1) is 11.8 Å². The van der Waals surface area contributed by atoms with E-state index in [2.05, 4.69) is 20.8 Å². The highest BCUT2D eigenvalue weighted by Gasteiger charge is 2.31. The first-order chi connectivity index (χ1) is 7.81. The van der Waals surface area contributed by atoms with Gasteiger partial charge in [0.2, 0.25) is 0 Å². The summed E-state index contributed by atoms with van der Waals surface area (Å²) in [4.78, 5) is 0. The molecule has 0 aromatic carbocycles. The first kappa shape index (κ1) is 14.0. The molecule has 0 spiro atoms. The Kier molecular flexibility index (Phi) is 7.06. The summed E-state index contributed by atoms with van der Waals surface area (Å²) in [7, 11) is 0. The Bertz CT molecular complexity index is 166. The van der Waals surface area contributed by atoms with E-state index >= 15 is 0 Å². The van der Waals surface area contributed by atoms with Gasteiger partial charge in [-0.15, -0.1) is 0 Å². The molecule has 0 aromatic rings. The molecule has 1 fully saturated rings. The topological polar surface area (TPSA) is 21.8 Å². The Morgan fingerprint density at radius 3 is 2.44 bits per heavy atom. The van der Waals surface area contributed by atoms with Crippen LogP contribution in [0.5, 0.6) is 0 Å². The Morgan fingerprint density at radius 2 is 1.94 bits per heavy atom. The van der Waals surface area contributed by atoms with Crippen LogP contribution in [-0.2, 0) is 9.47 Å². The fraction of sp³-hybridized carbons (Fsp3) is 1.00. The predicted octanol–water partition coefficient (Wildman–Crippen LogP) is 3.64. The molecule has 0 aromatic heterocycles. The minimum atomic E-state index is 0.501. The smallest absolute Gasteiger partial charge is 0.0859 e. The second-order valence-corrected chi connectivity index (χ2v) is 4.99. The Hall–Kier alpha value is -0.0800. The highest BCUT2D eigenvalue weighted by Crippen LogP contribution is 2.23. The normalized spacial score (nSPS) is 23.1. The SMILES string of the molecule is CCCCC(CC)COCC(CC)C1CO1. The van der Waals surface area contributed by atoms with Crippen LogP contribution in [0.1, 0.15) is 52.9 Å². The highest BCUT2D eigenvalue weighted by atomic mass is 16.6. The lowest BCUT2D eigenvalue weighted by Gasteiger charge is -2.17. The number of rotatable bonds is 10. The molecule has 16 heavy (non-hydrogen) atoms. The summed E-state index contributed by atoms with van der Waals surface area (Å²) in [6.45, 7) is 9.54. The van der Waals surface area contributed by atoms with Crippen LogP contribution in [0.15, 0.2) is 0 Å². The lowest BCUT2D eigenvalue weighted by molar-refractivity contribution is 0.0577. The first-order valence-corrected chi connectivity index (χ1v) is 7.01. The minimum absolute atomic E-state index is 0.501. The van der Waals surface area contributed by atoms with Gasteiger partial charge in [0.15, 0.2) is 0 Å². The van der Waals surface area contributed by atoms with Gasteiger partial charge < -0.3 is 9.47 Å². The Labute approximate surface area is 101 Å². The third-order valence-electron chi connectivity index (χ3n) is 3.64. The van der Waals surface area contributed by atoms with E-state index in [-0.39, 0.29) is 0 Å². The molecule has 1 saturated heterocycles. The van der Waals surface area contributed by atoms with Crippen LogP contribution in [0.3, 0.4) is 0 Å². The second-order valence-electron chi connectivity index (χ2n) is 4.99. The maximum absolute atomic E-state index is 5.86. The molecule has 1 heterocycles. The molecule has 0 aliphatic carbocycles. The van der Waals surface area contributed by atoms with Gasteiger partial charge in [-0.25, -0.2) is 0 Å². The van der Waals surface area contributed by atoms with Crippen LogP contribution < -0.4 is 0 Å². The van der Waals surface area contributed by atoms with Gasteiger partial charge in [-0.2, -0.15) is 0 Å². The van der Waals surface area contributed by atoms with Crippen molar-refractivity contribution in [1.29, 1.82) is 0 Å². The summed E-state index contributed by atoms with van der Waals surface area (Å²) in [5.74, 6) is 1.39. The zero-order chi connectivity index (χ0) is 11.8. The predicted molar refractivity (Wildman–Crippen MR) is 67.6 cm³/mol. The summed E-state index contributed by atoms with van der Waals surface area (Å²) in [5.41, 5.74) is 0. The Balaban J connectivity index is 2.06. The maximum Gasteiger partial charge on any atom is 0.0859 e. The third kappa shape index (κ3) is 5.31. The van der Waals surface area contributed by atoms with Crippen molar-refractivity contribution < 1.29 is 9.47 Å². The molecule has 0 bridgehead atoms. The lowest BCUT2D eigenvalue weighted by Crippen LogP contribution is -2.18. The Morgan fingerprint density at radius 1 is 1.19 bits per heavy atom. The van der Waals surface area contributed by atoms with Crippen molar-refractivity contribution in [2.24, 2.45) is 11.8 Å². The fourth-order valence-electron chi connectivity index (χ4n) is 2.10. The summed E-state index contributed by atoms with van der Waals surface area (Å²) in [6, 6.07) is 0. The van der Waals surface area contributed by atoms with E-state index in [0.29, 0.717) is 12.0 Å². The summed E-state index contributed by atoms with van der Waals surface area (Å²) in [5, 5.41) is 0. The van der Waals surface area contributed by atoms with Gasteiger partial charge in [-0.3, -0.25) is 0 Å². The average molecular weight is 228 g/mol. The van der Waals surface area contributed by atoms with Crippen LogP contribution in [0.4, 0.5) is 0 Å². The van der Waals surface area contributed by atoms with E-state index in [1.165, 1.54) is 32.1 Å². The molecule has 0 radical (unpaired) electrons. The lowest BCUT2D eigenvalue weighted by atomic mass is 10.0. The van der Waals surface area contributed by atoms with Gasteiger partial charge in [-0.05, 0) is 18.8 Å². The number of hydrogen-bond acceptors (Lipinski definition) is 2. The minimum Gasteiger partial charge on any atom is -0.381 e. The van der Waals surface area contributed by atoms with E-state index in [0.717, 1.165) is 25.7 Å². The quantitative estimate of drug-likeness (QED) is 0.532. The van der Waals surface area contributed by atoms with E-state index in [9.17, 15) is 0 Å². The van der Waals surface area contributed by atoms with Crippen molar-refractivity contribution in [2.45, 2.75) is 59.0 Å². The monoisotopic (exact) mass is 228 g/mol. The van der Waals surface area contributed by atoms with E-state index < -0.39 is 0 Å². The van der Waals surface area contributed by atoms with Crippen molar-refractivity contribution in [3.63, 3.8) is 0 Å². The van der Waals surface area contributed by atoms with E-state index in [1.807, 2.05) is 0 Å². The molecule has 0 saturated carbocycles. The molecule has 0 amide bonds. The van der Waals surface area contributed by atoms with Crippen molar-refractivity contribution in [2.75, 3.05) is 19.8 Å². The standard InChI is InChI=1S/C14H28O2/c1-4-7-8-12(5-2)9-15-10-13(6-3)14-11-16-14/h12-14H,4-11H2,1-3H3. The van der Waals surface area contributed by atoms with Crippen LogP contribution in [-0.4, -0.2) is 25.9 Å². The summed E-state index contributed by atoms with van der Waals surface area (Å²) < 4.78 is 11.2. The fourth-order valence-corrected chi connectivity index (χ4v) is 2.10. The summed E-state index contributed by atoms with van der Waals surface area (Å²) in [6.07, 6.45) is 6.88. The molecule has 3 atom stereocenters. The van der Waals surface area contributed by atoms with Crippen LogP contribution >= 0.6 is 0 Å². The zero-order valence-corrected chi connectivity index (χ0v) is 11.2. The molecule has 2 heteroatoms. The van der Waals surface area contributed by atoms with E-state index in [4.69, 9.17) is 9.47 Å². The number of unbranched alkanes of at least 4 members (excludes halogenated alkanes) is 1. The van der Waals surface area contributed by atoms with Gasteiger partial charge in [-0.1, -0.05) is 40.0 Å². The second kappa shape index (κ2) is 8.08. The number of ether oxygens (including phenoxy) is 2. The average Bonchev–Trinajstić information content (AvgIpc) is 3.12. The zero-order valence-electron chi connectivity index (χ0n) is 11.2. The molecular formula is C14H28O2. The van der Waals surface area contributed by atoms with Crippen molar-refractivity contribution in [1.82, 2.24) is 0 Å². The molecule has 1 aliphatic heterocycles. The van der Waals surface area contributed by atoms with Crippen LogP contribution in [0.25, 0.3) is 0 Å². The molecular weight excluding hydrogens is 200 g/mol. The highest BCUT2D eigenvalue weighted by molar-refractivity contribution is 4.77. The molecule has 0 N–H and O–H groups in total. The molecule has 1 aliphatic rings. The van der Waals surface area contributed by atoms with E-state index in [1.54, 1.807) is 0 Å². The van der Waals surface area contributed by atoms with Crippen LogP contribution in [0.2, 0.25) is 0 Å². The van der Waals surface area contributed by atoms with Crippen molar-refractivity contribution in [3.05, 3.63) is 0 Å². The third-order valence-corrected chi connectivity index (χ3v) is 3.64. The van der Waals surface area contributed by atoms with Gasteiger partial charge in [0.25, 0.3) is 0 Å². The van der Waals surface area contributed by atoms with Gasteiger partial charge in [0.1, 0.15) is 0 Å². The number of hydrogen-bond donors (Lipinski definition) is 0. The summed E-state index contributed by atoms with van der Waals surface area (Å²) >= 11 is 0. The molecule has 2 nitrogen and oxygen atoms in total. The van der Waals surface area contributed by atoms with Gasteiger partial charge in [0.05, 0.1) is 19.3 Å². The molecule has 1 rings (SSSR count). The van der Waals surface area contributed by atoms with Gasteiger partial charge >= 0.3 is 0 Å². The van der Waals surface area contributed by atoms with Crippen molar-refractivity contribution >= 4 is 0 Å². The molecule has 96 valence electrons. The molecule has 3 unspecified atom stereocenters. The van der Waals surface area contributed by atoms with Crippen molar-refractivity contribution in [3.8, 4) is 0 Å². The maximum atomic E-state index is 5.86.